The Kier molecular flexibility index (Phi) is 3.64. The second-order valence-electron chi connectivity index (χ2n) is 4.01. The highest BCUT2D eigenvalue weighted by molar-refractivity contribution is 7.16. The molecule has 0 spiro atoms. The van der Waals surface area contributed by atoms with E-state index >= 15 is 0 Å². The van der Waals surface area contributed by atoms with E-state index in [1.807, 2.05) is 44.0 Å². The van der Waals surface area contributed by atoms with Crippen LogP contribution in [0.5, 0.6) is 0 Å². The summed E-state index contributed by atoms with van der Waals surface area (Å²) in [4.78, 5) is 12.1. The molecule has 17 heavy (non-hydrogen) atoms. The molecule has 2 aromatic heterocycles. The first-order valence-electron chi connectivity index (χ1n) is 5.32. The Labute approximate surface area is 110 Å². The van der Waals surface area contributed by atoms with Crippen molar-refractivity contribution in [1.29, 1.82) is 0 Å². The minimum atomic E-state index is 0.757. The van der Waals surface area contributed by atoms with Gasteiger partial charge in [-0.05, 0) is 32.0 Å². The van der Waals surface area contributed by atoms with Gasteiger partial charge in [0.2, 0.25) is 5.95 Å². The van der Waals surface area contributed by atoms with Crippen LogP contribution in [0.1, 0.15) is 16.3 Å². The van der Waals surface area contributed by atoms with Gasteiger partial charge in [0.1, 0.15) is 0 Å². The van der Waals surface area contributed by atoms with Crippen LogP contribution in [0.3, 0.4) is 0 Å². The third kappa shape index (κ3) is 3.17. The molecule has 0 aromatic carbocycles. The van der Waals surface area contributed by atoms with Crippen LogP contribution in [-0.2, 0) is 6.54 Å². The van der Waals surface area contributed by atoms with E-state index < -0.39 is 0 Å². The van der Waals surface area contributed by atoms with Crippen molar-refractivity contribution in [1.82, 2.24) is 9.97 Å². The second-order valence-corrected chi connectivity index (χ2v) is 5.81. The van der Waals surface area contributed by atoms with Crippen LogP contribution in [0.4, 0.5) is 5.95 Å². The minimum absolute atomic E-state index is 0.757. The Hall–Kier alpha value is -1.13. The molecule has 0 aliphatic rings. The molecule has 5 heteroatoms. The van der Waals surface area contributed by atoms with Crippen LogP contribution in [0.15, 0.2) is 18.2 Å². The van der Waals surface area contributed by atoms with Gasteiger partial charge < -0.3 is 4.90 Å². The fourth-order valence-corrected chi connectivity index (χ4v) is 2.76. The number of nitrogens with zero attached hydrogens (tertiary/aromatic N) is 3. The quantitative estimate of drug-likeness (QED) is 0.853. The molecular formula is C12H14ClN3S. The summed E-state index contributed by atoms with van der Waals surface area (Å²) in [5.41, 5.74) is 1.98. The van der Waals surface area contributed by atoms with E-state index in [1.165, 1.54) is 4.88 Å². The lowest BCUT2D eigenvalue weighted by Crippen LogP contribution is -2.19. The van der Waals surface area contributed by atoms with Crippen LogP contribution in [0.2, 0.25) is 4.34 Å². The largest absolute Gasteiger partial charge is 0.339 e. The van der Waals surface area contributed by atoms with Crippen molar-refractivity contribution >= 4 is 28.9 Å². The normalized spacial score (nSPS) is 10.6. The summed E-state index contributed by atoms with van der Waals surface area (Å²) >= 11 is 7.50. The van der Waals surface area contributed by atoms with Gasteiger partial charge in [0, 0.05) is 23.3 Å². The number of aryl methyl sites for hydroxylation is 2. The average molecular weight is 268 g/mol. The SMILES string of the molecule is Cc1cc(C)nc(N(C)Cc2ccc(Cl)s2)n1. The summed E-state index contributed by atoms with van der Waals surface area (Å²) in [6, 6.07) is 5.92. The van der Waals surface area contributed by atoms with Gasteiger partial charge in [0.15, 0.2) is 0 Å². The van der Waals surface area contributed by atoms with E-state index in [1.54, 1.807) is 11.3 Å². The van der Waals surface area contributed by atoms with Crippen molar-refractivity contribution in [2.24, 2.45) is 0 Å². The van der Waals surface area contributed by atoms with E-state index in [0.29, 0.717) is 0 Å². The molecule has 0 saturated carbocycles. The summed E-state index contributed by atoms with van der Waals surface area (Å²) in [6.45, 7) is 4.74. The second kappa shape index (κ2) is 5.02. The number of thiophene rings is 1. The molecule has 3 nitrogen and oxygen atoms in total. The molecule has 0 radical (unpaired) electrons. The third-order valence-electron chi connectivity index (χ3n) is 2.33. The Bertz CT molecular complexity index is 504. The van der Waals surface area contributed by atoms with Crippen LogP contribution in [0, 0.1) is 13.8 Å². The first-order valence-corrected chi connectivity index (χ1v) is 6.51. The summed E-state index contributed by atoms with van der Waals surface area (Å²) in [7, 11) is 1.99. The number of halogens is 1. The summed E-state index contributed by atoms with van der Waals surface area (Å²) < 4.78 is 0.815. The average Bonchev–Trinajstić information content (AvgIpc) is 2.62. The molecule has 2 heterocycles. The molecule has 0 fully saturated rings. The maximum absolute atomic E-state index is 5.91. The van der Waals surface area contributed by atoms with Crippen LogP contribution in [0.25, 0.3) is 0 Å². The molecule has 2 rings (SSSR count). The zero-order valence-electron chi connectivity index (χ0n) is 10.1. The topological polar surface area (TPSA) is 29.0 Å². The van der Waals surface area contributed by atoms with Crippen molar-refractivity contribution in [3.05, 3.63) is 38.8 Å². The van der Waals surface area contributed by atoms with Gasteiger partial charge in [-0.1, -0.05) is 11.6 Å². The molecule has 2 aromatic rings. The van der Waals surface area contributed by atoms with Gasteiger partial charge in [0.05, 0.1) is 10.9 Å². The van der Waals surface area contributed by atoms with E-state index in [-0.39, 0.29) is 0 Å². The standard InChI is InChI=1S/C12H14ClN3S/c1-8-6-9(2)15-12(14-8)16(3)7-10-4-5-11(13)17-10/h4-6H,7H2,1-3H3. The summed E-state index contributed by atoms with van der Waals surface area (Å²) in [5, 5.41) is 0. The monoisotopic (exact) mass is 267 g/mol. The lowest BCUT2D eigenvalue weighted by molar-refractivity contribution is 0.861. The Morgan fingerprint density at radius 2 is 1.88 bits per heavy atom. The molecule has 0 bridgehead atoms. The number of hydrogen-bond donors (Lipinski definition) is 0. The van der Waals surface area contributed by atoms with E-state index in [0.717, 1.165) is 28.2 Å². The van der Waals surface area contributed by atoms with Crippen LogP contribution in [-0.4, -0.2) is 17.0 Å². The zero-order valence-corrected chi connectivity index (χ0v) is 11.6. The number of anilines is 1. The fraction of sp³-hybridized carbons (Fsp3) is 0.333. The lowest BCUT2D eigenvalue weighted by atomic mass is 10.3. The van der Waals surface area contributed by atoms with Gasteiger partial charge in [-0.25, -0.2) is 9.97 Å². The van der Waals surface area contributed by atoms with Gasteiger partial charge in [0.25, 0.3) is 0 Å². The van der Waals surface area contributed by atoms with Crippen molar-refractivity contribution < 1.29 is 0 Å². The number of rotatable bonds is 3. The molecule has 0 saturated heterocycles. The Morgan fingerprint density at radius 3 is 2.41 bits per heavy atom. The third-order valence-corrected chi connectivity index (χ3v) is 3.55. The van der Waals surface area contributed by atoms with Gasteiger partial charge in [-0.3, -0.25) is 0 Å². The Morgan fingerprint density at radius 1 is 1.24 bits per heavy atom. The maximum Gasteiger partial charge on any atom is 0.225 e. The molecule has 0 amide bonds. The molecule has 0 atom stereocenters. The lowest BCUT2D eigenvalue weighted by Gasteiger charge is -2.16. The Balaban J connectivity index is 2.16. The van der Waals surface area contributed by atoms with Crippen LogP contribution >= 0.6 is 22.9 Å². The van der Waals surface area contributed by atoms with Gasteiger partial charge in [-0.2, -0.15) is 0 Å². The molecule has 0 aliphatic heterocycles. The van der Waals surface area contributed by atoms with Crippen molar-refractivity contribution in [2.45, 2.75) is 20.4 Å². The van der Waals surface area contributed by atoms with Crippen molar-refractivity contribution in [3.63, 3.8) is 0 Å². The summed E-state index contributed by atoms with van der Waals surface area (Å²) in [6.07, 6.45) is 0. The van der Waals surface area contributed by atoms with Gasteiger partial charge >= 0.3 is 0 Å². The van der Waals surface area contributed by atoms with Crippen LogP contribution < -0.4 is 4.90 Å². The first-order chi connectivity index (χ1) is 8.04. The van der Waals surface area contributed by atoms with E-state index in [2.05, 4.69) is 9.97 Å². The molecule has 0 aliphatic carbocycles. The summed E-state index contributed by atoms with van der Waals surface area (Å²) in [5.74, 6) is 0.757. The minimum Gasteiger partial charge on any atom is -0.339 e. The molecular weight excluding hydrogens is 254 g/mol. The smallest absolute Gasteiger partial charge is 0.225 e. The fourth-order valence-electron chi connectivity index (χ4n) is 1.62. The highest BCUT2D eigenvalue weighted by Crippen LogP contribution is 2.23. The van der Waals surface area contributed by atoms with Crippen molar-refractivity contribution in [2.75, 3.05) is 11.9 Å². The predicted octanol–water partition coefficient (Wildman–Crippen LogP) is 3.44. The first kappa shape index (κ1) is 12.3. The van der Waals surface area contributed by atoms with Crippen molar-refractivity contribution in [3.8, 4) is 0 Å². The van der Waals surface area contributed by atoms with E-state index in [9.17, 15) is 0 Å². The highest BCUT2D eigenvalue weighted by atomic mass is 35.5. The maximum atomic E-state index is 5.91. The van der Waals surface area contributed by atoms with E-state index in [4.69, 9.17) is 11.6 Å². The number of aromatic nitrogens is 2. The number of hydrogen-bond acceptors (Lipinski definition) is 4. The van der Waals surface area contributed by atoms with Gasteiger partial charge in [-0.15, -0.1) is 11.3 Å². The zero-order chi connectivity index (χ0) is 12.4. The predicted molar refractivity (Wildman–Crippen MR) is 72.9 cm³/mol. The highest BCUT2D eigenvalue weighted by Gasteiger charge is 2.08. The molecule has 90 valence electrons. The molecule has 0 unspecified atom stereocenters. The molecule has 0 N–H and O–H groups in total.